The zero-order valence-corrected chi connectivity index (χ0v) is 12.7. The van der Waals surface area contributed by atoms with E-state index in [0.717, 1.165) is 12.8 Å². The molecule has 1 aliphatic rings. The summed E-state index contributed by atoms with van der Waals surface area (Å²) in [6.45, 7) is 2.02. The predicted octanol–water partition coefficient (Wildman–Crippen LogP) is 1.65. The molecule has 0 aromatic heterocycles. The molecule has 2 unspecified atom stereocenters. The monoisotopic (exact) mass is 312 g/mol. The van der Waals surface area contributed by atoms with Crippen molar-refractivity contribution < 1.29 is 18.3 Å². The van der Waals surface area contributed by atoms with E-state index in [2.05, 4.69) is 10.0 Å². The van der Waals surface area contributed by atoms with Crippen LogP contribution in [0, 0.1) is 5.92 Å². The highest BCUT2D eigenvalue weighted by Crippen LogP contribution is 2.31. The summed E-state index contributed by atoms with van der Waals surface area (Å²) in [5.74, 6) is -1.31. The number of nitrogens with one attached hydrogen (secondary N) is 2. The number of carboxylic acids is 1. The number of benzene rings is 1. The van der Waals surface area contributed by atoms with Gasteiger partial charge in [0.1, 0.15) is 4.90 Å². The van der Waals surface area contributed by atoms with Crippen LogP contribution in [0.2, 0.25) is 0 Å². The molecule has 1 aromatic rings. The summed E-state index contributed by atoms with van der Waals surface area (Å²) in [6.07, 6.45) is 2.18. The maximum atomic E-state index is 12.2. The van der Waals surface area contributed by atoms with Crippen LogP contribution in [0.1, 0.15) is 26.2 Å². The van der Waals surface area contributed by atoms with Gasteiger partial charge in [0.25, 0.3) is 0 Å². The fourth-order valence-electron chi connectivity index (χ4n) is 2.72. The van der Waals surface area contributed by atoms with Gasteiger partial charge in [0.05, 0.1) is 11.6 Å². The maximum Gasteiger partial charge on any atom is 0.308 e. The Morgan fingerprint density at radius 3 is 2.71 bits per heavy atom. The molecule has 1 saturated carbocycles. The minimum absolute atomic E-state index is 0.155. The fourth-order valence-corrected chi connectivity index (χ4v) is 3.93. The molecule has 0 bridgehead atoms. The summed E-state index contributed by atoms with van der Waals surface area (Å²) in [6, 6.07) is 6.34. The highest BCUT2D eigenvalue weighted by Gasteiger charge is 2.33. The molecule has 2 atom stereocenters. The highest BCUT2D eigenvalue weighted by atomic mass is 32.2. The van der Waals surface area contributed by atoms with Crippen molar-refractivity contribution in [2.75, 3.05) is 11.9 Å². The van der Waals surface area contributed by atoms with Gasteiger partial charge in [-0.3, -0.25) is 4.79 Å². The molecule has 0 amide bonds. The predicted molar refractivity (Wildman–Crippen MR) is 79.7 cm³/mol. The van der Waals surface area contributed by atoms with Crippen molar-refractivity contribution in [3.63, 3.8) is 0 Å². The first-order valence-corrected chi connectivity index (χ1v) is 8.52. The third kappa shape index (κ3) is 3.54. The van der Waals surface area contributed by atoms with Crippen LogP contribution in [0.25, 0.3) is 0 Å². The first kappa shape index (κ1) is 15.8. The number of aliphatic carboxylic acids is 1. The Kier molecular flexibility index (Phi) is 4.84. The van der Waals surface area contributed by atoms with E-state index in [1.165, 1.54) is 6.07 Å². The van der Waals surface area contributed by atoms with Gasteiger partial charge in [-0.25, -0.2) is 13.1 Å². The Labute approximate surface area is 124 Å². The molecule has 21 heavy (non-hydrogen) atoms. The number of para-hydroxylation sites is 1. The summed E-state index contributed by atoms with van der Waals surface area (Å²) >= 11 is 0. The van der Waals surface area contributed by atoms with Crippen molar-refractivity contribution in [2.45, 2.75) is 37.1 Å². The molecule has 0 heterocycles. The standard InChI is InChI=1S/C14H20N2O4S/c1-2-15-21(19,20)13-9-4-3-7-12(13)16-11-8-5-6-10(11)14(17)18/h3-4,7,9-11,15-16H,2,5-6,8H2,1H3,(H,17,18). The largest absolute Gasteiger partial charge is 0.481 e. The maximum absolute atomic E-state index is 12.2. The summed E-state index contributed by atoms with van der Waals surface area (Å²) in [4.78, 5) is 11.4. The fraction of sp³-hybridized carbons (Fsp3) is 0.500. The lowest BCUT2D eigenvalue weighted by atomic mass is 10.0. The lowest BCUT2D eigenvalue weighted by Crippen LogP contribution is -2.31. The first-order chi connectivity index (χ1) is 9.95. The van der Waals surface area contributed by atoms with Gasteiger partial charge in [0, 0.05) is 12.6 Å². The van der Waals surface area contributed by atoms with Crippen molar-refractivity contribution in [3.05, 3.63) is 24.3 Å². The topological polar surface area (TPSA) is 95.5 Å². The normalized spacial score (nSPS) is 22.1. The number of hydrogen-bond donors (Lipinski definition) is 3. The quantitative estimate of drug-likeness (QED) is 0.742. The Morgan fingerprint density at radius 2 is 2.05 bits per heavy atom. The summed E-state index contributed by atoms with van der Waals surface area (Å²) in [5, 5.41) is 12.3. The molecule has 3 N–H and O–H groups in total. The van der Waals surface area contributed by atoms with E-state index in [1.54, 1.807) is 25.1 Å². The number of sulfonamides is 1. The lowest BCUT2D eigenvalue weighted by molar-refractivity contribution is -0.141. The van der Waals surface area contributed by atoms with Crippen LogP contribution in [0.5, 0.6) is 0 Å². The SMILES string of the molecule is CCNS(=O)(=O)c1ccccc1NC1CCCC1C(=O)O. The van der Waals surface area contributed by atoms with Gasteiger partial charge in [0.2, 0.25) is 10.0 Å². The average molecular weight is 312 g/mol. The van der Waals surface area contributed by atoms with Crippen molar-refractivity contribution in [3.8, 4) is 0 Å². The molecule has 2 rings (SSSR count). The molecule has 0 spiro atoms. The molecular weight excluding hydrogens is 292 g/mol. The van der Waals surface area contributed by atoms with E-state index in [-0.39, 0.29) is 10.9 Å². The Balaban J connectivity index is 2.27. The van der Waals surface area contributed by atoms with Crippen LogP contribution < -0.4 is 10.0 Å². The second-order valence-electron chi connectivity index (χ2n) is 5.12. The molecule has 1 aromatic carbocycles. The Bertz CT molecular complexity index is 615. The van der Waals surface area contributed by atoms with Crippen LogP contribution in [0.4, 0.5) is 5.69 Å². The Morgan fingerprint density at radius 1 is 1.33 bits per heavy atom. The average Bonchev–Trinajstić information content (AvgIpc) is 2.87. The number of rotatable bonds is 6. The number of carboxylic acid groups (broad SMARTS) is 1. The van der Waals surface area contributed by atoms with Gasteiger partial charge in [0.15, 0.2) is 0 Å². The molecule has 1 aliphatic carbocycles. The third-order valence-electron chi connectivity index (χ3n) is 3.68. The molecule has 0 radical (unpaired) electrons. The molecular formula is C14H20N2O4S. The van der Waals surface area contributed by atoms with Crippen LogP contribution >= 0.6 is 0 Å². The van der Waals surface area contributed by atoms with E-state index >= 15 is 0 Å². The Hall–Kier alpha value is -1.60. The lowest BCUT2D eigenvalue weighted by Gasteiger charge is -2.21. The smallest absolute Gasteiger partial charge is 0.308 e. The molecule has 0 saturated heterocycles. The van der Waals surface area contributed by atoms with E-state index in [4.69, 9.17) is 0 Å². The second kappa shape index (κ2) is 6.44. The van der Waals surface area contributed by atoms with Crippen LogP contribution in [-0.2, 0) is 14.8 Å². The van der Waals surface area contributed by atoms with Crippen molar-refractivity contribution >= 4 is 21.7 Å². The van der Waals surface area contributed by atoms with Gasteiger partial charge in [-0.15, -0.1) is 0 Å². The van der Waals surface area contributed by atoms with E-state index < -0.39 is 21.9 Å². The number of hydrogen-bond acceptors (Lipinski definition) is 4. The summed E-state index contributed by atoms with van der Waals surface area (Å²) < 4.78 is 26.8. The molecule has 6 nitrogen and oxygen atoms in total. The molecule has 1 fully saturated rings. The van der Waals surface area contributed by atoms with Crippen molar-refractivity contribution in [1.82, 2.24) is 4.72 Å². The van der Waals surface area contributed by atoms with Crippen molar-refractivity contribution in [2.24, 2.45) is 5.92 Å². The molecule has 0 aliphatic heterocycles. The van der Waals surface area contributed by atoms with Gasteiger partial charge >= 0.3 is 5.97 Å². The van der Waals surface area contributed by atoms with Crippen LogP contribution in [0.15, 0.2) is 29.2 Å². The minimum atomic E-state index is -3.58. The van der Waals surface area contributed by atoms with E-state index in [0.29, 0.717) is 18.7 Å². The zero-order chi connectivity index (χ0) is 15.5. The summed E-state index contributed by atoms with van der Waals surface area (Å²) in [5.41, 5.74) is 0.455. The third-order valence-corrected chi connectivity index (χ3v) is 5.29. The summed E-state index contributed by atoms with van der Waals surface area (Å²) in [7, 11) is -3.58. The minimum Gasteiger partial charge on any atom is -0.481 e. The van der Waals surface area contributed by atoms with Crippen LogP contribution in [0.3, 0.4) is 0 Å². The van der Waals surface area contributed by atoms with E-state index in [1.807, 2.05) is 0 Å². The van der Waals surface area contributed by atoms with Gasteiger partial charge < -0.3 is 10.4 Å². The van der Waals surface area contributed by atoms with Crippen LogP contribution in [-0.4, -0.2) is 32.1 Å². The van der Waals surface area contributed by atoms with Gasteiger partial charge in [-0.2, -0.15) is 0 Å². The molecule has 7 heteroatoms. The second-order valence-corrected chi connectivity index (χ2v) is 6.86. The van der Waals surface area contributed by atoms with E-state index in [9.17, 15) is 18.3 Å². The number of carbonyl (C=O) groups is 1. The van der Waals surface area contributed by atoms with Crippen molar-refractivity contribution in [1.29, 1.82) is 0 Å². The number of anilines is 1. The first-order valence-electron chi connectivity index (χ1n) is 7.03. The zero-order valence-electron chi connectivity index (χ0n) is 11.9. The highest BCUT2D eigenvalue weighted by molar-refractivity contribution is 7.89. The van der Waals surface area contributed by atoms with Gasteiger partial charge in [-0.1, -0.05) is 25.5 Å². The van der Waals surface area contributed by atoms with Gasteiger partial charge in [-0.05, 0) is 25.0 Å². The molecule has 116 valence electrons.